The van der Waals surface area contributed by atoms with Crippen LogP contribution in [0.15, 0.2) is 17.5 Å². The third-order valence-corrected chi connectivity index (χ3v) is 5.51. The van der Waals surface area contributed by atoms with Crippen LogP contribution in [0.4, 0.5) is 0 Å². The van der Waals surface area contributed by atoms with Crippen molar-refractivity contribution >= 4 is 29.1 Å². The highest BCUT2D eigenvalue weighted by atomic mass is 32.1. The van der Waals surface area contributed by atoms with E-state index in [0.717, 1.165) is 9.78 Å². The fourth-order valence-electron chi connectivity index (χ4n) is 3.46. The smallest absolute Gasteiger partial charge is 0.326 e. The molecule has 2 amide bonds. The van der Waals surface area contributed by atoms with Crippen molar-refractivity contribution in [2.45, 2.75) is 25.4 Å². The number of likely N-dealkylation sites (tertiary alicyclic amines) is 1. The molecule has 0 aromatic carbocycles. The Hall–Kier alpha value is -1.73. The van der Waals surface area contributed by atoms with Crippen molar-refractivity contribution in [1.29, 1.82) is 0 Å². The number of thiophene rings is 1. The van der Waals surface area contributed by atoms with Crippen LogP contribution in [0.3, 0.4) is 0 Å². The van der Waals surface area contributed by atoms with Crippen LogP contribution in [-0.2, 0) is 19.1 Å². The number of imide groups is 1. The Bertz CT molecular complexity index is 629. The van der Waals surface area contributed by atoms with E-state index in [1.165, 1.54) is 18.4 Å². The molecule has 7 heteroatoms. The summed E-state index contributed by atoms with van der Waals surface area (Å²) < 4.78 is 5.14. The molecule has 6 nitrogen and oxygen atoms in total. The van der Waals surface area contributed by atoms with Crippen molar-refractivity contribution in [1.82, 2.24) is 10.2 Å². The highest BCUT2D eigenvalue weighted by molar-refractivity contribution is 7.10. The number of hydrogen-bond acceptors (Lipinski definition) is 6. The molecule has 1 aromatic heterocycles. The number of esters is 1. The predicted molar refractivity (Wildman–Crippen MR) is 80.0 cm³/mol. The molecule has 2 fully saturated rings. The van der Waals surface area contributed by atoms with Crippen molar-refractivity contribution < 1.29 is 19.1 Å². The maximum absolute atomic E-state index is 12.5. The number of fused-ring (bicyclic) bond motifs is 1. The largest absolute Gasteiger partial charge is 0.465 e. The monoisotopic (exact) mass is 322 g/mol. The van der Waals surface area contributed by atoms with Crippen molar-refractivity contribution in [3.05, 3.63) is 22.4 Å². The second-order valence-electron chi connectivity index (χ2n) is 5.80. The van der Waals surface area contributed by atoms with Crippen LogP contribution in [0.2, 0.25) is 0 Å². The molecule has 3 heterocycles. The lowest BCUT2D eigenvalue weighted by atomic mass is 9.81. The van der Waals surface area contributed by atoms with Gasteiger partial charge in [0.15, 0.2) is 0 Å². The van der Waals surface area contributed by atoms with Gasteiger partial charge in [-0.05, 0) is 25.3 Å². The average Bonchev–Trinajstić information content (AvgIpc) is 3.15. The van der Waals surface area contributed by atoms with Gasteiger partial charge in [0, 0.05) is 11.9 Å². The van der Waals surface area contributed by atoms with Gasteiger partial charge in [-0.1, -0.05) is 6.07 Å². The summed E-state index contributed by atoms with van der Waals surface area (Å²) in [5.41, 5.74) is -1.19. The lowest BCUT2D eigenvalue weighted by Crippen LogP contribution is -2.53. The summed E-state index contributed by atoms with van der Waals surface area (Å²) in [5.74, 6) is -2.34. The predicted octanol–water partition coefficient (Wildman–Crippen LogP) is 0.945. The van der Waals surface area contributed by atoms with Gasteiger partial charge in [-0.15, -0.1) is 11.3 Å². The third-order valence-electron chi connectivity index (χ3n) is 4.56. The van der Waals surface area contributed by atoms with E-state index < -0.39 is 23.3 Å². The number of ether oxygens (including phenoxy) is 1. The second kappa shape index (κ2) is 5.17. The molecule has 4 atom stereocenters. The molecule has 2 aliphatic rings. The van der Waals surface area contributed by atoms with E-state index in [4.69, 9.17) is 4.74 Å². The Morgan fingerprint density at radius 1 is 1.45 bits per heavy atom. The zero-order chi connectivity index (χ0) is 16.1. The summed E-state index contributed by atoms with van der Waals surface area (Å²) in [4.78, 5) is 39.5. The lowest BCUT2D eigenvalue weighted by molar-refractivity contribution is -0.155. The summed E-state index contributed by atoms with van der Waals surface area (Å²) in [5, 5.41) is 5.12. The molecule has 1 N–H and O–H groups in total. The maximum atomic E-state index is 12.5. The standard InChI is InChI=1S/C15H18N2O4S/c1-4-21-14(20)15(2)10-9(12(18)17(3)13(10)19)11(16-15)8-6-5-7-22-8/h5-7,9-11,16H,4H2,1-3H3/t9-,10-,11-,15-/m0/s1. The Morgan fingerprint density at radius 3 is 2.77 bits per heavy atom. The zero-order valence-electron chi connectivity index (χ0n) is 12.7. The van der Waals surface area contributed by atoms with Gasteiger partial charge in [-0.2, -0.15) is 0 Å². The van der Waals surface area contributed by atoms with E-state index in [1.54, 1.807) is 13.8 Å². The number of hydrogen-bond donors (Lipinski definition) is 1. The van der Waals surface area contributed by atoms with Gasteiger partial charge in [0.1, 0.15) is 5.54 Å². The Morgan fingerprint density at radius 2 is 2.18 bits per heavy atom. The average molecular weight is 322 g/mol. The molecule has 3 rings (SSSR count). The van der Waals surface area contributed by atoms with E-state index in [0.29, 0.717) is 0 Å². The topological polar surface area (TPSA) is 75.7 Å². The lowest BCUT2D eigenvalue weighted by Gasteiger charge is -2.28. The molecule has 1 aromatic rings. The van der Waals surface area contributed by atoms with E-state index in [2.05, 4.69) is 5.32 Å². The fraction of sp³-hybridized carbons (Fsp3) is 0.533. The van der Waals surface area contributed by atoms with Crippen molar-refractivity contribution in [3.8, 4) is 0 Å². The highest BCUT2D eigenvalue weighted by Crippen LogP contribution is 2.49. The van der Waals surface area contributed by atoms with Crippen LogP contribution in [-0.4, -0.2) is 41.9 Å². The molecule has 2 saturated heterocycles. The van der Waals surface area contributed by atoms with Crippen LogP contribution < -0.4 is 5.32 Å². The van der Waals surface area contributed by atoms with Crippen molar-refractivity contribution in [2.24, 2.45) is 11.8 Å². The number of carbonyl (C=O) groups is 3. The second-order valence-corrected chi connectivity index (χ2v) is 6.78. The fourth-order valence-corrected chi connectivity index (χ4v) is 4.29. The van der Waals surface area contributed by atoms with E-state index in [-0.39, 0.29) is 24.5 Å². The molecule has 0 bridgehead atoms. The van der Waals surface area contributed by atoms with Crippen LogP contribution in [0, 0.1) is 11.8 Å². The number of nitrogens with zero attached hydrogens (tertiary/aromatic N) is 1. The molecular weight excluding hydrogens is 304 g/mol. The van der Waals surface area contributed by atoms with Crippen molar-refractivity contribution in [3.63, 3.8) is 0 Å². The maximum Gasteiger partial charge on any atom is 0.326 e. The number of rotatable bonds is 3. The number of amides is 2. The molecule has 22 heavy (non-hydrogen) atoms. The normalized spacial score (nSPS) is 34.1. The Labute approximate surface area is 132 Å². The van der Waals surface area contributed by atoms with Gasteiger partial charge in [0.2, 0.25) is 11.8 Å². The first-order chi connectivity index (χ1) is 10.4. The summed E-state index contributed by atoms with van der Waals surface area (Å²) in [7, 11) is 1.47. The molecule has 118 valence electrons. The van der Waals surface area contributed by atoms with E-state index in [9.17, 15) is 14.4 Å². The highest BCUT2D eigenvalue weighted by Gasteiger charge is 2.66. The molecule has 0 spiro atoms. The summed E-state index contributed by atoms with van der Waals surface area (Å²) in [6.07, 6.45) is 0. The van der Waals surface area contributed by atoms with Crippen LogP contribution in [0.25, 0.3) is 0 Å². The molecule has 0 saturated carbocycles. The van der Waals surface area contributed by atoms with Crippen LogP contribution in [0.1, 0.15) is 24.8 Å². The molecule has 0 radical (unpaired) electrons. The summed E-state index contributed by atoms with van der Waals surface area (Å²) in [6, 6.07) is 3.45. The van der Waals surface area contributed by atoms with E-state index in [1.807, 2.05) is 17.5 Å². The minimum Gasteiger partial charge on any atom is -0.465 e. The summed E-state index contributed by atoms with van der Waals surface area (Å²) in [6.45, 7) is 3.61. The first-order valence-electron chi connectivity index (χ1n) is 7.21. The molecular formula is C15H18N2O4S. The minimum atomic E-state index is -1.19. The Balaban J connectivity index is 2.06. The quantitative estimate of drug-likeness (QED) is 0.662. The third kappa shape index (κ3) is 1.92. The SMILES string of the molecule is CCOC(=O)[C@@]1(C)N[C@@H](c2cccs2)[C@H]2C(=O)N(C)C(=O)[C@H]21. The van der Waals surface area contributed by atoms with Crippen LogP contribution in [0.5, 0.6) is 0 Å². The van der Waals surface area contributed by atoms with Gasteiger partial charge >= 0.3 is 5.97 Å². The summed E-state index contributed by atoms with van der Waals surface area (Å²) >= 11 is 1.50. The van der Waals surface area contributed by atoms with Gasteiger partial charge in [-0.3, -0.25) is 24.6 Å². The first-order valence-corrected chi connectivity index (χ1v) is 8.09. The van der Waals surface area contributed by atoms with Gasteiger partial charge in [-0.25, -0.2) is 0 Å². The number of carbonyl (C=O) groups excluding carboxylic acids is 3. The van der Waals surface area contributed by atoms with Gasteiger partial charge in [0.25, 0.3) is 0 Å². The van der Waals surface area contributed by atoms with Gasteiger partial charge < -0.3 is 4.74 Å². The first kappa shape index (κ1) is 15.2. The van der Waals surface area contributed by atoms with E-state index >= 15 is 0 Å². The van der Waals surface area contributed by atoms with Gasteiger partial charge in [0.05, 0.1) is 24.5 Å². The molecule has 2 aliphatic heterocycles. The molecule has 0 unspecified atom stereocenters. The van der Waals surface area contributed by atoms with Crippen LogP contribution >= 0.6 is 11.3 Å². The van der Waals surface area contributed by atoms with Crippen molar-refractivity contribution in [2.75, 3.05) is 13.7 Å². The Kier molecular flexibility index (Phi) is 3.57. The zero-order valence-corrected chi connectivity index (χ0v) is 13.5. The minimum absolute atomic E-state index is 0.231. The number of nitrogens with one attached hydrogen (secondary N) is 1. The molecule has 0 aliphatic carbocycles.